The lowest BCUT2D eigenvalue weighted by atomic mass is 9.79. The molecule has 0 saturated carbocycles. The van der Waals surface area contributed by atoms with E-state index >= 15 is 0 Å². The van der Waals surface area contributed by atoms with Crippen molar-refractivity contribution in [3.8, 4) is 0 Å². The van der Waals surface area contributed by atoms with E-state index in [4.69, 9.17) is 0 Å². The largest absolute Gasteiger partial charge is 0.390 e. The lowest BCUT2D eigenvalue weighted by Crippen LogP contribution is -2.55. The highest BCUT2D eigenvalue weighted by Crippen LogP contribution is 2.33. The van der Waals surface area contributed by atoms with Gasteiger partial charge in [-0.25, -0.2) is 0 Å². The standard InChI is InChI=1S/C12H25NO/c1-6-12(14)7-8-13(9-10(12)2)11(3,4)5/h10,14H,6-9H2,1-5H3. The van der Waals surface area contributed by atoms with Gasteiger partial charge in [0.15, 0.2) is 0 Å². The van der Waals surface area contributed by atoms with Crippen LogP contribution >= 0.6 is 0 Å². The predicted molar refractivity (Wildman–Crippen MR) is 60.3 cm³/mol. The number of nitrogens with zero attached hydrogens (tertiary/aromatic N) is 1. The normalized spacial score (nSPS) is 36.0. The van der Waals surface area contributed by atoms with Crippen molar-refractivity contribution in [3.63, 3.8) is 0 Å². The van der Waals surface area contributed by atoms with E-state index in [9.17, 15) is 5.11 Å². The maximum absolute atomic E-state index is 10.3. The van der Waals surface area contributed by atoms with Crippen LogP contribution in [0.3, 0.4) is 0 Å². The first-order chi connectivity index (χ1) is 6.29. The molecule has 2 heteroatoms. The minimum Gasteiger partial charge on any atom is -0.390 e. The average molecular weight is 199 g/mol. The van der Waals surface area contributed by atoms with Crippen molar-refractivity contribution < 1.29 is 5.11 Å². The Morgan fingerprint density at radius 2 is 2.00 bits per heavy atom. The van der Waals surface area contributed by atoms with E-state index in [0.29, 0.717) is 5.92 Å². The third kappa shape index (κ3) is 2.29. The van der Waals surface area contributed by atoms with E-state index in [-0.39, 0.29) is 5.54 Å². The zero-order valence-corrected chi connectivity index (χ0v) is 10.3. The molecule has 1 N–H and O–H groups in total. The SMILES string of the molecule is CCC1(O)CCN(C(C)(C)C)CC1C. The second kappa shape index (κ2) is 3.82. The number of likely N-dealkylation sites (tertiary alicyclic amines) is 1. The number of rotatable bonds is 1. The molecule has 0 aromatic carbocycles. The molecular weight excluding hydrogens is 174 g/mol. The summed E-state index contributed by atoms with van der Waals surface area (Å²) in [5.74, 6) is 0.389. The summed E-state index contributed by atoms with van der Waals surface area (Å²) >= 11 is 0. The molecule has 1 aliphatic rings. The highest BCUT2D eigenvalue weighted by atomic mass is 16.3. The van der Waals surface area contributed by atoms with Crippen molar-refractivity contribution in [2.45, 2.75) is 58.6 Å². The molecule has 0 amide bonds. The number of hydrogen-bond donors (Lipinski definition) is 1. The Bertz CT molecular complexity index is 197. The van der Waals surface area contributed by atoms with E-state index in [0.717, 1.165) is 25.9 Å². The second-order valence-electron chi connectivity index (χ2n) is 5.73. The Morgan fingerprint density at radius 1 is 1.43 bits per heavy atom. The molecule has 2 atom stereocenters. The molecule has 1 aliphatic heterocycles. The van der Waals surface area contributed by atoms with Crippen LogP contribution < -0.4 is 0 Å². The fraction of sp³-hybridized carbons (Fsp3) is 1.00. The monoisotopic (exact) mass is 199 g/mol. The molecule has 2 nitrogen and oxygen atoms in total. The van der Waals surface area contributed by atoms with Gasteiger partial charge in [-0.05, 0) is 39.5 Å². The van der Waals surface area contributed by atoms with E-state index in [2.05, 4.69) is 39.5 Å². The van der Waals surface area contributed by atoms with Crippen molar-refractivity contribution in [2.24, 2.45) is 5.92 Å². The van der Waals surface area contributed by atoms with Crippen molar-refractivity contribution in [2.75, 3.05) is 13.1 Å². The first-order valence-corrected chi connectivity index (χ1v) is 5.77. The molecule has 0 radical (unpaired) electrons. The second-order valence-corrected chi connectivity index (χ2v) is 5.73. The molecule has 2 unspecified atom stereocenters. The molecule has 0 aromatic rings. The zero-order chi connectivity index (χ0) is 11.0. The third-order valence-corrected chi connectivity index (χ3v) is 3.79. The van der Waals surface area contributed by atoms with Crippen molar-refractivity contribution >= 4 is 0 Å². The van der Waals surface area contributed by atoms with Crippen LogP contribution in [0.25, 0.3) is 0 Å². The van der Waals surface area contributed by atoms with Gasteiger partial charge in [-0.1, -0.05) is 13.8 Å². The molecule has 0 aromatic heterocycles. The Morgan fingerprint density at radius 3 is 2.36 bits per heavy atom. The van der Waals surface area contributed by atoms with Crippen LogP contribution in [0.4, 0.5) is 0 Å². The Hall–Kier alpha value is -0.0800. The van der Waals surface area contributed by atoms with Gasteiger partial charge in [-0.3, -0.25) is 4.90 Å². The molecule has 14 heavy (non-hydrogen) atoms. The van der Waals surface area contributed by atoms with Gasteiger partial charge >= 0.3 is 0 Å². The Kier molecular flexibility index (Phi) is 3.27. The lowest BCUT2D eigenvalue weighted by Gasteiger charge is -2.47. The molecule has 1 rings (SSSR count). The number of piperidine rings is 1. The molecule has 84 valence electrons. The summed E-state index contributed by atoms with van der Waals surface area (Å²) in [5, 5.41) is 10.3. The van der Waals surface area contributed by atoms with Crippen LogP contribution in [-0.2, 0) is 0 Å². The van der Waals surface area contributed by atoms with Crippen LogP contribution in [-0.4, -0.2) is 34.2 Å². The van der Waals surface area contributed by atoms with Crippen LogP contribution in [0.1, 0.15) is 47.5 Å². The zero-order valence-electron chi connectivity index (χ0n) is 10.3. The van der Waals surface area contributed by atoms with E-state index < -0.39 is 5.60 Å². The Labute approximate surface area is 88.3 Å². The van der Waals surface area contributed by atoms with Crippen LogP contribution in [0.5, 0.6) is 0 Å². The van der Waals surface area contributed by atoms with Crippen molar-refractivity contribution in [1.29, 1.82) is 0 Å². The summed E-state index contributed by atoms with van der Waals surface area (Å²) in [7, 11) is 0. The minimum atomic E-state index is -0.415. The van der Waals surface area contributed by atoms with Gasteiger partial charge in [0, 0.05) is 18.6 Å². The summed E-state index contributed by atoms with van der Waals surface area (Å²) < 4.78 is 0. The fourth-order valence-electron chi connectivity index (χ4n) is 2.30. The molecule has 1 fully saturated rings. The minimum absolute atomic E-state index is 0.239. The summed E-state index contributed by atoms with van der Waals surface area (Å²) in [6.07, 6.45) is 1.80. The fourth-order valence-corrected chi connectivity index (χ4v) is 2.30. The highest BCUT2D eigenvalue weighted by molar-refractivity contribution is 4.93. The van der Waals surface area contributed by atoms with Crippen molar-refractivity contribution in [1.82, 2.24) is 4.90 Å². The lowest BCUT2D eigenvalue weighted by molar-refractivity contribution is -0.0848. The first-order valence-electron chi connectivity index (χ1n) is 5.77. The quantitative estimate of drug-likeness (QED) is 0.700. The average Bonchev–Trinajstić information content (AvgIpc) is 2.08. The number of aliphatic hydroxyl groups is 1. The summed E-state index contributed by atoms with van der Waals surface area (Å²) in [6, 6.07) is 0. The van der Waals surface area contributed by atoms with Gasteiger partial charge in [0.25, 0.3) is 0 Å². The summed E-state index contributed by atoms with van der Waals surface area (Å²) in [5.41, 5.74) is -0.176. The smallest absolute Gasteiger partial charge is 0.0694 e. The topological polar surface area (TPSA) is 23.5 Å². The summed E-state index contributed by atoms with van der Waals surface area (Å²) in [6.45, 7) is 13.0. The maximum atomic E-state index is 10.3. The molecule has 0 bridgehead atoms. The predicted octanol–water partition coefficient (Wildman–Crippen LogP) is 2.27. The Balaban J connectivity index is 2.64. The molecule has 0 aliphatic carbocycles. The van der Waals surface area contributed by atoms with Gasteiger partial charge < -0.3 is 5.11 Å². The van der Waals surface area contributed by atoms with Gasteiger partial charge in [0.2, 0.25) is 0 Å². The van der Waals surface area contributed by atoms with Crippen LogP contribution in [0.15, 0.2) is 0 Å². The molecule has 1 saturated heterocycles. The van der Waals surface area contributed by atoms with Gasteiger partial charge in [-0.2, -0.15) is 0 Å². The van der Waals surface area contributed by atoms with Gasteiger partial charge in [0.05, 0.1) is 5.60 Å². The van der Waals surface area contributed by atoms with Crippen LogP contribution in [0.2, 0.25) is 0 Å². The molecular formula is C12H25NO. The molecule has 1 heterocycles. The first kappa shape index (κ1) is 12.0. The summed E-state index contributed by atoms with van der Waals surface area (Å²) in [4.78, 5) is 2.47. The van der Waals surface area contributed by atoms with E-state index in [1.54, 1.807) is 0 Å². The third-order valence-electron chi connectivity index (χ3n) is 3.79. The van der Waals surface area contributed by atoms with E-state index in [1.165, 1.54) is 0 Å². The van der Waals surface area contributed by atoms with E-state index in [1.807, 2.05) is 0 Å². The van der Waals surface area contributed by atoms with Gasteiger partial charge in [-0.15, -0.1) is 0 Å². The van der Waals surface area contributed by atoms with Gasteiger partial charge in [0.1, 0.15) is 0 Å². The highest BCUT2D eigenvalue weighted by Gasteiger charge is 2.39. The van der Waals surface area contributed by atoms with Crippen molar-refractivity contribution in [3.05, 3.63) is 0 Å². The van der Waals surface area contributed by atoms with Crippen LogP contribution in [0, 0.1) is 5.92 Å². The molecule has 0 spiro atoms. The maximum Gasteiger partial charge on any atom is 0.0694 e. The number of hydrogen-bond acceptors (Lipinski definition) is 2.